The van der Waals surface area contributed by atoms with Gasteiger partial charge in [0.15, 0.2) is 9.84 Å². The molecule has 0 bridgehead atoms. The lowest BCUT2D eigenvalue weighted by Gasteiger charge is -2.29. The number of rotatable bonds is 7. The van der Waals surface area contributed by atoms with Crippen LogP contribution in [0.3, 0.4) is 0 Å². The van der Waals surface area contributed by atoms with Crippen molar-refractivity contribution in [2.75, 3.05) is 5.32 Å². The van der Waals surface area contributed by atoms with Crippen molar-refractivity contribution in [1.29, 1.82) is 0 Å². The minimum Gasteiger partial charge on any atom is -0.382 e. The van der Waals surface area contributed by atoms with Crippen LogP contribution in [-0.2, 0) is 9.84 Å². The van der Waals surface area contributed by atoms with E-state index < -0.39 is 26.5 Å². The molecule has 1 saturated carbocycles. The highest BCUT2D eigenvalue weighted by molar-refractivity contribution is 8.00. The smallest absolute Gasteiger partial charge is 0.382 e. The van der Waals surface area contributed by atoms with E-state index in [9.17, 15) is 26.4 Å². The van der Waals surface area contributed by atoms with E-state index in [1.165, 1.54) is 18.3 Å². The Kier molecular flexibility index (Phi) is 7.60. The average Bonchev–Trinajstić information content (AvgIpc) is 2.85. The molecule has 2 aromatic carbocycles. The van der Waals surface area contributed by atoms with Crippen LogP contribution in [0.15, 0.2) is 76.7 Å². The Labute approximate surface area is 211 Å². The largest absolute Gasteiger partial charge is 0.446 e. The second-order valence-corrected chi connectivity index (χ2v) is 11.9. The molecule has 36 heavy (non-hydrogen) atoms. The summed E-state index contributed by atoms with van der Waals surface area (Å²) in [6, 6.07) is 15.9. The molecule has 190 valence electrons. The van der Waals surface area contributed by atoms with Crippen LogP contribution in [0.4, 0.5) is 18.9 Å². The number of benzene rings is 2. The molecule has 3 N–H and O–H groups in total. The highest BCUT2D eigenvalue weighted by Crippen LogP contribution is 2.37. The number of amides is 1. The number of hydrogen-bond donors (Lipinski definition) is 2. The highest BCUT2D eigenvalue weighted by Gasteiger charge is 2.32. The number of halogens is 3. The predicted octanol–water partition coefficient (Wildman–Crippen LogP) is 5.66. The quantitative estimate of drug-likeness (QED) is 0.379. The minimum absolute atomic E-state index is 0.0473. The molecule has 1 heterocycles. The van der Waals surface area contributed by atoms with Crippen molar-refractivity contribution in [3.63, 3.8) is 0 Å². The maximum atomic E-state index is 13.2. The summed E-state index contributed by atoms with van der Waals surface area (Å²) in [4.78, 5) is 15.6. The van der Waals surface area contributed by atoms with Crippen LogP contribution in [-0.4, -0.2) is 36.1 Å². The van der Waals surface area contributed by atoms with E-state index in [2.05, 4.69) is 10.3 Å². The van der Waals surface area contributed by atoms with E-state index in [0.29, 0.717) is 36.9 Å². The normalized spacial score (nSPS) is 18.5. The number of primary amides is 1. The number of aromatic nitrogens is 1. The molecule has 6 nitrogen and oxygen atoms in total. The van der Waals surface area contributed by atoms with Gasteiger partial charge < -0.3 is 11.1 Å². The predicted molar refractivity (Wildman–Crippen MR) is 133 cm³/mol. The van der Waals surface area contributed by atoms with Crippen molar-refractivity contribution >= 4 is 33.2 Å². The fraction of sp³-hybridized carbons (Fsp3) is 0.280. The first-order valence-corrected chi connectivity index (χ1v) is 13.6. The molecule has 0 atom stereocenters. The lowest BCUT2D eigenvalue weighted by molar-refractivity contribution is -0.0328. The van der Waals surface area contributed by atoms with E-state index in [-0.39, 0.29) is 33.3 Å². The SMILES string of the molecule is NC(=O)c1cc(-c2ccc(S(=O)(=O)C3CCC(Nc4ccc(SC(F)(F)F)cc4)CC3)cc2)ccn1. The lowest BCUT2D eigenvalue weighted by Crippen LogP contribution is -2.32. The second kappa shape index (κ2) is 10.5. The van der Waals surface area contributed by atoms with Gasteiger partial charge in [-0.3, -0.25) is 9.78 Å². The molecule has 0 aliphatic heterocycles. The number of hydrogen-bond acceptors (Lipinski definition) is 6. The Bertz CT molecular complexity index is 1320. The van der Waals surface area contributed by atoms with E-state index >= 15 is 0 Å². The summed E-state index contributed by atoms with van der Waals surface area (Å²) >= 11 is -0.158. The number of anilines is 1. The van der Waals surface area contributed by atoms with E-state index in [1.54, 1.807) is 48.5 Å². The third-order valence-corrected chi connectivity index (χ3v) is 9.12. The summed E-state index contributed by atoms with van der Waals surface area (Å²) in [6.07, 6.45) is 3.70. The Morgan fingerprint density at radius 3 is 2.17 bits per heavy atom. The number of carbonyl (C=O) groups excluding carboxylic acids is 1. The van der Waals surface area contributed by atoms with Crippen LogP contribution < -0.4 is 11.1 Å². The topological polar surface area (TPSA) is 102 Å². The van der Waals surface area contributed by atoms with E-state index in [1.807, 2.05) is 0 Å². The third kappa shape index (κ3) is 6.38. The maximum Gasteiger partial charge on any atom is 0.446 e. The first-order chi connectivity index (χ1) is 17.0. The van der Waals surface area contributed by atoms with Crippen LogP contribution in [0.2, 0.25) is 0 Å². The van der Waals surface area contributed by atoms with E-state index in [0.717, 1.165) is 5.56 Å². The zero-order chi connectivity index (χ0) is 25.9. The molecule has 3 aromatic rings. The van der Waals surface area contributed by atoms with Crippen molar-refractivity contribution in [3.05, 3.63) is 72.6 Å². The van der Waals surface area contributed by atoms with Crippen molar-refractivity contribution in [3.8, 4) is 11.1 Å². The number of sulfone groups is 1. The third-order valence-electron chi connectivity index (χ3n) is 6.10. The van der Waals surface area contributed by atoms with Gasteiger partial charge in [0.25, 0.3) is 5.91 Å². The molecule has 1 aliphatic carbocycles. The number of pyridine rings is 1. The average molecular weight is 536 g/mol. The molecule has 0 spiro atoms. The van der Waals surface area contributed by atoms with Gasteiger partial charge >= 0.3 is 5.51 Å². The first kappa shape index (κ1) is 26.0. The van der Waals surface area contributed by atoms with Crippen molar-refractivity contribution < 1.29 is 26.4 Å². The molecule has 0 saturated heterocycles. The second-order valence-electron chi connectivity index (χ2n) is 8.55. The summed E-state index contributed by atoms with van der Waals surface area (Å²) in [5, 5.41) is 2.79. The molecule has 1 amide bonds. The summed E-state index contributed by atoms with van der Waals surface area (Å²) in [6.45, 7) is 0. The van der Waals surface area contributed by atoms with Gasteiger partial charge in [-0.2, -0.15) is 13.2 Å². The Hall–Kier alpha value is -3.05. The summed E-state index contributed by atoms with van der Waals surface area (Å²) in [5.74, 6) is -0.640. The number of carbonyl (C=O) groups is 1. The van der Waals surface area contributed by atoms with Gasteiger partial charge in [0, 0.05) is 22.8 Å². The highest BCUT2D eigenvalue weighted by atomic mass is 32.2. The van der Waals surface area contributed by atoms with Crippen LogP contribution in [0.1, 0.15) is 36.2 Å². The van der Waals surface area contributed by atoms with Crippen LogP contribution >= 0.6 is 11.8 Å². The van der Waals surface area contributed by atoms with Gasteiger partial charge in [-0.25, -0.2) is 8.42 Å². The number of nitrogens with one attached hydrogen (secondary N) is 1. The van der Waals surface area contributed by atoms with Gasteiger partial charge in [-0.15, -0.1) is 0 Å². The number of nitrogens with two attached hydrogens (primary N) is 1. The molecular weight excluding hydrogens is 511 g/mol. The molecule has 1 aromatic heterocycles. The molecule has 1 aliphatic rings. The maximum absolute atomic E-state index is 13.2. The zero-order valence-corrected chi connectivity index (χ0v) is 20.7. The van der Waals surface area contributed by atoms with Gasteiger partial charge in [0.2, 0.25) is 0 Å². The van der Waals surface area contributed by atoms with Crippen LogP contribution in [0.5, 0.6) is 0 Å². The van der Waals surface area contributed by atoms with Crippen molar-refractivity contribution in [1.82, 2.24) is 4.98 Å². The number of nitrogens with zero attached hydrogens (tertiary/aromatic N) is 1. The molecule has 0 unspecified atom stereocenters. The molecule has 1 fully saturated rings. The van der Waals surface area contributed by atoms with Gasteiger partial charge in [0.05, 0.1) is 10.1 Å². The fourth-order valence-corrected chi connectivity index (χ4v) is 6.61. The van der Waals surface area contributed by atoms with Crippen LogP contribution in [0, 0.1) is 0 Å². The molecule has 11 heteroatoms. The number of thioether (sulfide) groups is 1. The summed E-state index contributed by atoms with van der Waals surface area (Å²) in [7, 11) is -3.53. The van der Waals surface area contributed by atoms with Gasteiger partial charge in [-0.05, 0) is 97.1 Å². The zero-order valence-electron chi connectivity index (χ0n) is 19.0. The van der Waals surface area contributed by atoms with E-state index in [4.69, 9.17) is 5.73 Å². The standard InChI is InChI=1S/C25H24F3N3O3S2/c26-25(27,28)35-20-7-3-18(4-8-20)31-19-5-11-22(12-6-19)36(33,34)21-9-1-16(2-10-21)17-13-14-30-23(15-17)24(29)32/h1-4,7-10,13-15,19,22,31H,5-6,11-12H2,(H2,29,32). The lowest BCUT2D eigenvalue weighted by atomic mass is 9.95. The van der Waals surface area contributed by atoms with Crippen molar-refractivity contribution in [2.45, 2.75) is 52.3 Å². The number of alkyl halides is 3. The fourth-order valence-electron chi connectivity index (χ4n) is 4.28. The van der Waals surface area contributed by atoms with Crippen LogP contribution in [0.25, 0.3) is 11.1 Å². The van der Waals surface area contributed by atoms with Gasteiger partial charge in [0.1, 0.15) is 5.69 Å². The molecule has 0 radical (unpaired) electrons. The molecule has 4 rings (SSSR count). The summed E-state index contributed by atoms with van der Waals surface area (Å²) in [5.41, 5.74) is 3.24. The molecular formula is C25H24F3N3O3S2. The van der Waals surface area contributed by atoms with Gasteiger partial charge in [-0.1, -0.05) is 12.1 Å². The monoisotopic (exact) mass is 535 g/mol. The Morgan fingerprint density at radius 2 is 1.58 bits per heavy atom. The minimum atomic E-state index is -4.33. The van der Waals surface area contributed by atoms with Crippen molar-refractivity contribution in [2.24, 2.45) is 5.73 Å². The Morgan fingerprint density at radius 1 is 0.944 bits per heavy atom. The first-order valence-electron chi connectivity index (χ1n) is 11.2. The Balaban J connectivity index is 1.36. The summed E-state index contributed by atoms with van der Waals surface area (Å²) < 4.78 is 63.9.